The maximum atomic E-state index is 13.0. The second-order valence-electron chi connectivity index (χ2n) is 6.35. The highest BCUT2D eigenvalue weighted by molar-refractivity contribution is 7.89. The molecule has 7 nitrogen and oxygen atoms in total. The number of sulfonamides is 1. The van der Waals surface area contributed by atoms with Gasteiger partial charge in [0.25, 0.3) is 5.91 Å². The maximum Gasteiger partial charge on any atom is 0.255 e. The van der Waals surface area contributed by atoms with Gasteiger partial charge in [0.05, 0.1) is 18.2 Å². The van der Waals surface area contributed by atoms with Gasteiger partial charge in [-0.25, -0.2) is 8.42 Å². The molecule has 0 aromatic heterocycles. The van der Waals surface area contributed by atoms with E-state index in [1.807, 2.05) is 6.07 Å². The van der Waals surface area contributed by atoms with Gasteiger partial charge in [0.2, 0.25) is 10.0 Å². The number of hydrogen-bond acceptors (Lipinski definition) is 5. The first kappa shape index (κ1) is 19.9. The first-order valence-corrected chi connectivity index (χ1v) is 10.5. The standard InChI is InChI=1S/C20H21N3O4S/c1-2-27-18-9-8-17(13-19(18)28(25,26)23-10-3-4-11-23)22-20(24)16-7-5-6-15(12-16)14-21/h5-9,12-13H,2-4,10-11H2,1H3,(H,22,24). The molecule has 0 bridgehead atoms. The zero-order chi connectivity index (χ0) is 20.1. The Morgan fingerprint density at radius 1 is 1.21 bits per heavy atom. The fourth-order valence-corrected chi connectivity index (χ4v) is 4.74. The summed E-state index contributed by atoms with van der Waals surface area (Å²) in [5.74, 6) is -0.162. The Hall–Kier alpha value is -2.89. The number of nitrogens with one attached hydrogen (secondary N) is 1. The van der Waals surface area contributed by atoms with E-state index in [9.17, 15) is 13.2 Å². The number of ether oxygens (including phenoxy) is 1. The lowest BCUT2D eigenvalue weighted by Crippen LogP contribution is -2.28. The van der Waals surface area contributed by atoms with Gasteiger partial charge in [0.1, 0.15) is 10.6 Å². The number of benzene rings is 2. The second-order valence-corrected chi connectivity index (χ2v) is 8.26. The molecule has 0 aliphatic carbocycles. The summed E-state index contributed by atoms with van der Waals surface area (Å²) in [7, 11) is -3.71. The average molecular weight is 399 g/mol. The highest BCUT2D eigenvalue weighted by atomic mass is 32.2. The predicted molar refractivity (Wildman–Crippen MR) is 105 cm³/mol. The van der Waals surface area contributed by atoms with Crippen molar-refractivity contribution in [1.29, 1.82) is 5.26 Å². The van der Waals surface area contributed by atoms with E-state index >= 15 is 0 Å². The fourth-order valence-electron chi connectivity index (χ4n) is 3.06. The van der Waals surface area contributed by atoms with Crippen LogP contribution in [0.5, 0.6) is 5.75 Å². The number of nitrogens with zero attached hydrogens (tertiary/aromatic N) is 2. The van der Waals surface area contributed by atoms with Crippen LogP contribution in [-0.4, -0.2) is 38.3 Å². The molecule has 1 aliphatic heterocycles. The molecule has 2 aromatic rings. The van der Waals surface area contributed by atoms with Crippen LogP contribution >= 0.6 is 0 Å². The third kappa shape index (κ3) is 4.16. The van der Waals surface area contributed by atoms with Gasteiger partial charge in [-0.05, 0) is 56.2 Å². The Labute approximate surface area is 164 Å². The zero-order valence-corrected chi connectivity index (χ0v) is 16.3. The summed E-state index contributed by atoms with van der Waals surface area (Å²) in [4.78, 5) is 12.5. The first-order chi connectivity index (χ1) is 13.5. The van der Waals surface area contributed by atoms with Crippen molar-refractivity contribution in [2.24, 2.45) is 0 Å². The van der Waals surface area contributed by atoms with E-state index in [0.29, 0.717) is 36.5 Å². The van der Waals surface area contributed by atoms with Crippen molar-refractivity contribution in [1.82, 2.24) is 4.31 Å². The molecule has 1 aliphatic rings. The molecule has 146 valence electrons. The minimum absolute atomic E-state index is 0.0415. The zero-order valence-electron chi connectivity index (χ0n) is 15.5. The predicted octanol–water partition coefficient (Wildman–Crippen LogP) is 2.99. The van der Waals surface area contributed by atoms with Gasteiger partial charge in [-0.15, -0.1) is 0 Å². The maximum absolute atomic E-state index is 13.0. The number of rotatable bonds is 6. The number of carbonyl (C=O) groups is 1. The molecule has 1 fully saturated rings. The fraction of sp³-hybridized carbons (Fsp3) is 0.300. The number of hydrogen-bond donors (Lipinski definition) is 1. The van der Waals surface area contributed by atoms with Gasteiger partial charge in [-0.1, -0.05) is 6.07 Å². The molecule has 2 aromatic carbocycles. The molecule has 0 spiro atoms. The first-order valence-electron chi connectivity index (χ1n) is 9.04. The molecular weight excluding hydrogens is 378 g/mol. The summed E-state index contributed by atoms with van der Waals surface area (Å²) in [6.45, 7) is 3.07. The van der Waals surface area contributed by atoms with E-state index in [4.69, 9.17) is 10.00 Å². The van der Waals surface area contributed by atoms with E-state index in [2.05, 4.69) is 5.32 Å². The van der Waals surface area contributed by atoms with Crippen molar-refractivity contribution in [2.75, 3.05) is 25.0 Å². The number of carbonyl (C=O) groups excluding carboxylic acids is 1. The van der Waals surface area contributed by atoms with Crippen LogP contribution in [-0.2, 0) is 10.0 Å². The third-order valence-corrected chi connectivity index (χ3v) is 6.36. The van der Waals surface area contributed by atoms with Crippen molar-refractivity contribution >= 4 is 21.6 Å². The van der Waals surface area contributed by atoms with Crippen molar-refractivity contribution in [2.45, 2.75) is 24.7 Å². The highest BCUT2D eigenvalue weighted by Crippen LogP contribution is 2.31. The molecule has 0 radical (unpaired) electrons. The van der Waals surface area contributed by atoms with Crippen LogP contribution in [0.2, 0.25) is 0 Å². The Morgan fingerprint density at radius 2 is 1.96 bits per heavy atom. The summed E-state index contributed by atoms with van der Waals surface area (Å²) < 4.78 is 33.0. The van der Waals surface area contributed by atoms with E-state index in [0.717, 1.165) is 12.8 Å². The molecule has 0 saturated carbocycles. The highest BCUT2D eigenvalue weighted by Gasteiger charge is 2.30. The number of nitriles is 1. The van der Waals surface area contributed by atoms with Crippen molar-refractivity contribution in [3.63, 3.8) is 0 Å². The monoisotopic (exact) mass is 399 g/mol. The van der Waals surface area contributed by atoms with Crippen molar-refractivity contribution in [3.8, 4) is 11.8 Å². The Bertz CT molecular complexity index is 1020. The Balaban J connectivity index is 1.92. The molecule has 28 heavy (non-hydrogen) atoms. The summed E-state index contributed by atoms with van der Waals surface area (Å²) >= 11 is 0. The van der Waals surface area contributed by atoms with Gasteiger partial charge in [-0.2, -0.15) is 9.57 Å². The topological polar surface area (TPSA) is 99.5 Å². The van der Waals surface area contributed by atoms with Crippen molar-refractivity contribution in [3.05, 3.63) is 53.6 Å². The lowest BCUT2D eigenvalue weighted by atomic mass is 10.1. The van der Waals surface area contributed by atoms with Crippen LogP contribution in [0.4, 0.5) is 5.69 Å². The molecule has 8 heteroatoms. The lowest BCUT2D eigenvalue weighted by Gasteiger charge is -2.19. The van der Waals surface area contributed by atoms with Gasteiger partial charge in [0.15, 0.2) is 0 Å². The van der Waals surface area contributed by atoms with Crippen LogP contribution in [0.25, 0.3) is 0 Å². The molecular formula is C20H21N3O4S. The van der Waals surface area contributed by atoms with Crippen molar-refractivity contribution < 1.29 is 17.9 Å². The smallest absolute Gasteiger partial charge is 0.255 e. The number of anilines is 1. The average Bonchev–Trinajstić information content (AvgIpc) is 3.25. The molecule has 0 atom stereocenters. The summed E-state index contributed by atoms with van der Waals surface area (Å²) in [5, 5.41) is 11.7. The van der Waals surface area contributed by atoms with Gasteiger partial charge in [-0.3, -0.25) is 4.79 Å². The molecule has 1 heterocycles. The molecule has 3 rings (SSSR count). The van der Waals surface area contributed by atoms with E-state index in [-0.39, 0.29) is 10.6 Å². The number of amides is 1. The van der Waals surface area contributed by atoms with E-state index < -0.39 is 15.9 Å². The quantitative estimate of drug-likeness (QED) is 0.805. The van der Waals surface area contributed by atoms with E-state index in [1.54, 1.807) is 37.3 Å². The lowest BCUT2D eigenvalue weighted by molar-refractivity contribution is 0.102. The summed E-state index contributed by atoms with van der Waals surface area (Å²) in [6.07, 6.45) is 1.66. The molecule has 1 saturated heterocycles. The molecule has 1 amide bonds. The molecule has 0 unspecified atom stereocenters. The second kappa shape index (κ2) is 8.42. The minimum atomic E-state index is -3.71. The summed E-state index contributed by atoms with van der Waals surface area (Å²) in [5.41, 5.74) is 1.03. The Morgan fingerprint density at radius 3 is 2.64 bits per heavy atom. The third-order valence-electron chi connectivity index (χ3n) is 4.44. The van der Waals surface area contributed by atoms with Gasteiger partial charge in [0, 0.05) is 24.3 Å². The minimum Gasteiger partial charge on any atom is -0.492 e. The van der Waals surface area contributed by atoms with Crippen LogP contribution < -0.4 is 10.1 Å². The Kier molecular flexibility index (Phi) is 5.97. The molecule has 1 N–H and O–H groups in total. The van der Waals surface area contributed by atoms with Crippen LogP contribution in [0.1, 0.15) is 35.7 Å². The SMILES string of the molecule is CCOc1ccc(NC(=O)c2cccc(C#N)c2)cc1S(=O)(=O)N1CCCC1. The van der Waals surface area contributed by atoms with Crippen LogP contribution in [0.15, 0.2) is 47.4 Å². The van der Waals surface area contributed by atoms with Crippen LogP contribution in [0, 0.1) is 11.3 Å². The van der Waals surface area contributed by atoms with Gasteiger partial charge >= 0.3 is 0 Å². The largest absolute Gasteiger partial charge is 0.492 e. The van der Waals surface area contributed by atoms with Crippen LogP contribution in [0.3, 0.4) is 0 Å². The van der Waals surface area contributed by atoms with Gasteiger partial charge < -0.3 is 10.1 Å². The summed E-state index contributed by atoms with van der Waals surface area (Å²) in [6, 6.07) is 12.8. The van der Waals surface area contributed by atoms with E-state index in [1.165, 1.54) is 16.4 Å². The normalized spacial score (nSPS) is 14.4.